The zero-order valence-corrected chi connectivity index (χ0v) is 21.4. The molecule has 5 heteroatoms. The van der Waals surface area contributed by atoms with Crippen molar-refractivity contribution in [1.82, 2.24) is 4.90 Å². The normalized spacial score (nSPS) is 11.0. The van der Waals surface area contributed by atoms with E-state index < -0.39 is 11.9 Å². The standard InChI is InChI=1S/C29H38ClNO3/c1-3-5-6-7-8-9-10-11-13-24-16-18-26(19-17-24)23-31(28(32)29(33)34-4-2)21-20-25-14-12-15-27(30)22-25/h11-19,22H,3-10,20-21,23H2,1-2H3. The fraction of sp³-hybridized carbons (Fsp3) is 0.448. The zero-order valence-electron chi connectivity index (χ0n) is 20.6. The summed E-state index contributed by atoms with van der Waals surface area (Å²) >= 11 is 6.08. The molecule has 0 aliphatic rings. The smallest absolute Gasteiger partial charge is 0.397 e. The van der Waals surface area contributed by atoms with Gasteiger partial charge in [0, 0.05) is 18.1 Å². The molecule has 0 unspecified atom stereocenters. The van der Waals surface area contributed by atoms with E-state index in [0.29, 0.717) is 24.5 Å². The summed E-state index contributed by atoms with van der Waals surface area (Å²) in [5.41, 5.74) is 3.12. The summed E-state index contributed by atoms with van der Waals surface area (Å²) in [5, 5.41) is 0.654. The van der Waals surface area contributed by atoms with Gasteiger partial charge in [0.05, 0.1) is 6.61 Å². The lowest BCUT2D eigenvalue weighted by atomic mass is 10.1. The first-order valence-corrected chi connectivity index (χ1v) is 12.9. The highest BCUT2D eigenvalue weighted by molar-refractivity contribution is 6.32. The lowest BCUT2D eigenvalue weighted by Gasteiger charge is -2.22. The van der Waals surface area contributed by atoms with Crippen LogP contribution in [0.3, 0.4) is 0 Å². The van der Waals surface area contributed by atoms with Crippen LogP contribution in [0.4, 0.5) is 0 Å². The molecule has 0 saturated carbocycles. The summed E-state index contributed by atoms with van der Waals surface area (Å²) in [6.07, 6.45) is 13.9. The number of allylic oxidation sites excluding steroid dienone is 1. The molecule has 2 aromatic carbocycles. The van der Waals surface area contributed by atoms with Crippen molar-refractivity contribution >= 4 is 29.6 Å². The van der Waals surface area contributed by atoms with Crippen molar-refractivity contribution in [3.8, 4) is 0 Å². The van der Waals surface area contributed by atoms with E-state index in [4.69, 9.17) is 16.3 Å². The van der Waals surface area contributed by atoms with Gasteiger partial charge in [-0.25, -0.2) is 4.79 Å². The van der Waals surface area contributed by atoms with Crippen LogP contribution in [0, 0.1) is 0 Å². The van der Waals surface area contributed by atoms with Crippen LogP contribution in [0.2, 0.25) is 5.02 Å². The van der Waals surface area contributed by atoms with Crippen molar-refractivity contribution in [3.63, 3.8) is 0 Å². The summed E-state index contributed by atoms with van der Waals surface area (Å²) < 4.78 is 4.94. The van der Waals surface area contributed by atoms with Gasteiger partial charge in [0.2, 0.25) is 0 Å². The minimum Gasteiger partial charge on any atom is -0.459 e. The minimum absolute atomic E-state index is 0.173. The molecular formula is C29H38ClNO3. The van der Waals surface area contributed by atoms with Crippen LogP contribution in [0.15, 0.2) is 54.6 Å². The topological polar surface area (TPSA) is 46.6 Å². The molecule has 0 bridgehead atoms. The number of esters is 1. The van der Waals surface area contributed by atoms with E-state index >= 15 is 0 Å². The molecular weight excluding hydrogens is 446 g/mol. The SMILES string of the molecule is CCCCCCCCC=Cc1ccc(CN(CCc2cccc(Cl)c2)C(=O)C(=O)OCC)cc1. The summed E-state index contributed by atoms with van der Waals surface area (Å²) in [6, 6.07) is 15.7. The average Bonchev–Trinajstić information content (AvgIpc) is 2.84. The molecule has 2 rings (SSSR count). The fourth-order valence-electron chi connectivity index (χ4n) is 3.75. The largest absolute Gasteiger partial charge is 0.459 e. The van der Waals surface area contributed by atoms with Crippen LogP contribution in [0.5, 0.6) is 0 Å². The Balaban J connectivity index is 1.92. The van der Waals surface area contributed by atoms with Gasteiger partial charge in [-0.05, 0) is 55.0 Å². The van der Waals surface area contributed by atoms with Crippen LogP contribution in [0.25, 0.3) is 6.08 Å². The Bertz CT molecular complexity index is 908. The van der Waals surface area contributed by atoms with Gasteiger partial charge < -0.3 is 9.64 Å². The molecule has 34 heavy (non-hydrogen) atoms. The highest BCUT2D eigenvalue weighted by Gasteiger charge is 2.23. The molecule has 0 saturated heterocycles. The van der Waals surface area contributed by atoms with Gasteiger partial charge >= 0.3 is 11.9 Å². The van der Waals surface area contributed by atoms with Crippen molar-refractivity contribution in [1.29, 1.82) is 0 Å². The maximum absolute atomic E-state index is 12.7. The molecule has 0 N–H and O–H groups in total. The van der Waals surface area contributed by atoms with E-state index in [0.717, 1.165) is 23.1 Å². The Morgan fingerprint density at radius 3 is 2.38 bits per heavy atom. The molecule has 0 aliphatic carbocycles. The van der Waals surface area contributed by atoms with Gasteiger partial charge in [-0.2, -0.15) is 0 Å². The number of carbonyl (C=O) groups excluding carboxylic acids is 2. The summed E-state index contributed by atoms with van der Waals surface area (Å²) in [4.78, 5) is 26.3. The van der Waals surface area contributed by atoms with Crippen LogP contribution in [-0.4, -0.2) is 29.9 Å². The number of benzene rings is 2. The lowest BCUT2D eigenvalue weighted by molar-refractivity contribution is -0.160. The molecule has 0 spiro atoms. The van der Waals surface area contributed by atoms with Crippen LogP contribution < -0.4 is 0 Å². The molecule has 0 fully saturated rings. The molecule has 0 heterocycles. The fourth-order valence-corrected chi connectivity index (χ4v) is 3.96. The summed E-state index contributed by atoms with van der Waals surface area (Å²) in [7, 11) is 0. The lowest BCUT2D eigenvalue weighted by Crippen LogP contribution is -2.38. The van der Waals surface area contributed by atoms with E-state index in [-0.39, 0.29) is 6.61 Å². The van der Waals surface area contributed by atoms with Crippen LogP contribution >= 0.6 is 11.6 Å². The number of halogens is 1. The molecule has 1 amide bonds. The van der Waals surface area contributed by atoms with Gasteiger partial charge in [-0.1, -0.05) is 99.2 Å². The molecule has 0 aliphatic heterocycles. The number of hydrogen-bond acceptors (Lipinski definition) is 3. The van der Waals surface area contributed by atoms with Crippen LogP contribution in [-0.2, 0) is 27.3 Å². The van der Waals surface area contributed by atoms with E-state index in [1.165, 1.54) is 38.5 Å². The first-order chi connectivity index (χ1) is 16.5. The highest BCUT2D eigenvalue weighted by atomic mass is 35.5. The maximum atomic E-state index is 12.7. The number of nitrogens with zero attached hydrogens (tertiary/aromatic N) is 1. The second-order valence-corrected chi connectivity index (χ2v) is 8.96. The van der Waals surface area contributed by atoms with Gasteiger partial charge in [0.25, 0.3) is 0 Å². The van der Waals surface area contributed by atoms with Gasteiger partial charge in [-0.3, -0.25) is 4.79 Å². The van der Waals surface area contributed by atoms with E-state index in [2.05, 4.69) is 31.2 Å². The Kier molecular flexibility index (Phi) is 13.1. The van der Waals surface area contributed by atoms with Gasteiger partial charge in [-0.15, -0.1) is 0 Å². The number of carbonyl (C=O) groups is 2. The Labute approximate surface area is 210 Å². The van der Waals surface area contributed by atoms with E-state index in [1.807, 2.05) is 36.4 Å². The molecule has 4 nitrogen and oxygen atoms in total. The van der Waals surface area contributed by atoms with Gasteiger partial charge in [0.1, 0.15) is 0 Å². The summed E-state index contributed by atoms with van der Waals surface area (Å²) in [6.45, 7) is 4.86. The van der Waals surface area contributed by atoms with Gasteiger partial charge in [0.15, 0.2) is 0 Å². The Hall–Kier alpha value is -2.59. The first kappa shape index (κ1) is 27.7. The monoisotopic (exact) mass is 483 g/mol. The third-order valence-electron chi connectivity index (χ3n) is 5.68. The summed E-state index contributed by atoms with van der Waals surface area (Å²) in [5.74, 6) is -1.44. The van der Waals surface area contributed by atoms with Crippen molar-refractivity contribution in [3.05, 3.63) is 76.3 Å². The van der Waals surface area contributed by atoms with Crippen molar-refractivity contribution in [2.75, 3.05) is 13.2 Å². The second-order valence-electron chi connectivity index (χ2n) is 8.53. The Morgan fingerprint density at radius 1 is 0.941 bits per heavy atom. The Morgan fingerprint density at radius 2 is 1.68 bits per heavy atom. The third-order valence-corrected chi connectivity index (χ3v) is 5.92. The minimum atomic E-state index is -0.817. The van der Waals surface area contributed by atoms with Crippen molar-refractivity contribution in [2.24, 2.45) is 0 Å². The quantitative estimate of drug-likeness (QED) is 0.161. The van der Waals surface area contributed by atoms with E-state index in [9.17, 15) is 9.59 Å². The van der Waals surface area contributed by atoms with Crippen molar-refractivity contribution in [2.45, 2.75) is 71.8 Å². The number of amides is 1. The number of hydrogen-bond donors (Lipinski definition) is 0. The highest BCUT2D eigenvalue weighted by Crippen LogP contribution is 2.15. The second kappa shape index (κ2) is 16.1. The molecule has 0 atom stereocenters. The van der Waals surface area contributed by atoms with Crippen LogP contribution in [0.1, 0.15) is 75.5 Å². The van der Waals surface area contributed by atoms with E-state index in [1.54, 1.807) is 11.8 Å². The number of rotatable bonds is 14. The third kappa shape index (κ3) is 10.6. The first-order valence-electron chi connectivity index (χ1n) is 12.5. The maximum Gasteiger partial charge on any atom is 0.397 e. The molecule has 2 aromatic rings. The number of ether oxygens (including phenoxy) is 1. The molecule has 0 radical (unpaired) electrons. The predicted molar refractivity (Wildman–Crippen MR) is 141 cm³/mol. The van der Waals surface area contributed by atoms with Crippen molar-refractivity contribution < 1.29 is 14.3 Å². The number of unbranched alkanes of at least 4 members (excludes halogenated alkanes) is 6. The molecule has 0 aromatic heterocycles. The average molecular weight is 484 g/mol. The molecule has 184 valence electrons. The zero-order chi connectivity index (χ0) is 24.6. The predicted octanol–water partition coefficient (Wildman–Crippen LogP) is 7.24.